The Labute approximate surface area is 118 Å². The normalized spacial score (nSPS) is 10.6. The fourth-order valence-electron chi connectivity index (χ4n) is 1.88. The molecule has 0 aliphatic carbocycles. The van der Waals surface area contributed by atoms with Gasteiger partial charge in [-0.15, -0.1) is 0 Å². The van der Waals surface area contributed by atoms with Crippen LogP contribution in [0.4, 0.5) is 0 Å². The van der Waals surface area contributed by atoms with Gasteiger partial charge in [0.05, 0.1) is 5.69 Å². The van der Waals surface area contributed by atoms with Gasteiger partial charge in [-0.25, -0.2) is 0 Å². The molecule has 19 heavy (non-hydrogen) atoms. The minimum atomic E-state index is 0.330. The standard InChI is InChI=1S/C14H16N4S/c1-18(10-12-3-2-5-16-8-12)9-11-4-6-17-13(7-11)14(15)19/h2-8H,9-10H2,1H3,(H2,15,19). The molecule has 2 N–H and O–H groups in total. The quantitative estimate of drug-likeness (QED) is 0.840. The van der Waals surface area contributed by atoms with E-state index in [0.29, 0.717) is 10.7 Å². The number of rotatable bonds is 5. The smallest absolute Gasteiger partial charge is 0.122 e. The average molecular weight is 272 g/mol. The molecule has 0 aliphatic heterocycles. The Morgan fingerprint density at radius 2 is 2.05 bits per heavy atom. The number of thiocarbonyl (C=S) groups is 1. The van der Waals surface area contributed by atoms with Gasteiger partial charge in [-0.1, -0.05) is 18.3 Å². The van der Waals surface area contributed by atoms with Crippen LogP contribution in [0.3, 0.4) is 0 Å². The van der Waals surface area contributed by atoms with Crippen LogP contribution in [-0.2, 0) is 13.1 Å². The van der Waals surface area contributed by atoms with Gasteiger partial charge in [0.1, 0.15) is 4.99 Å². The highest BCUT2D eigenvalue weighted by Gasteiger charge is 2.04. The van der Waals surface area contributed by atoms with Gasteiger partial charge >= 0.3 is 0 Å². The molecule has 0 aromatic carbocycles. The predicted molar refractivity (Wildman–Crippen MR) is 79.5 cm³/mol. The van der Waals surface area contributed by atoms with Crippen LogP contribution in [0.25, 0.3) is 0 Å². The third-order valence-electron chi connectivity index (χ3n) is 2.70. The van der Waals surface area contributed by atoms with Crippen LogP contribution in [0.2, 0.25) is 0 Å². The predicted octanol–water partition coefficient (Wildman–Crippen LogP) is 1.74. The number of nitrogens with two attached hydrogens (primary N) is 1. The summed E-state index contributed by atoms with van der Waals surface area (Å²) in [5.74, 6) is 0. The van der Waals surface area contributed by atoms with Crippen molar-refractivity contribution >= 4 is 17.2 Å². The van der Waals surface area contributed by atoms with Crippen LogP contribution in [0, 0.1) is 0 Å². The first-order chi connectivity index (χ1) is 9.15. The highest BCUT2D eigenvalue weighted by atomic mass is 32.1. The highest BCUT2D eigenvalue weighted by molar-refractivity contribution is 7.80. The minimum absolute atomic E-state index is 0.330. The summed E-state index contributed by atoms with van der Waals surface area (Å²) >= 11 is 4.93. The van der Waals surface area contributed by atoms with Crippen molar-refractivity contribution in [1.82, 2.24) is 14.9 Å². The van der Waals surface area contributed by atoms with E-state index in [9.17, 15) is 0 Å². The molecule has 0 fully saturated rings. The maximum Gasteiger partial charge on any atom is 0.122 e. The average Bonchev–Trinajstić information content (AvgIpc) is 2.40. The Morgan fingerprint density at radius 3 is 2.74 bits per heavy atom. The van der Waals surface area contributed by atoms with Crippen molar-refractivity contribution in [3.63, 3.8) is 0 Å². The largest absolute Gasteiger partial charge is 0.388 e. The van der Waals surface area contributed by atoms with Gasteiger partial charge in [-0.2, -0.15) is 0 Å². The summed E-state index contributed by atoms with van der Waals surface area (Å²) in [5.41, 5.74) is 8.58. The van der Waals surface area contributed by atoms with Gasteiger partial charge in [0.2, 0.25) is 0 Å². The molecule has 4 nitrogen and oxygen atoms in total. The third kappa shape index (κ3) is 4.08. The molecule has 0 atom stereocenters. The van der Waals surface area contributed by atoms with Crippen LogP contribution < -0.4 is 5.73 Å². The lowest BCUT2D eigenvalue weighted by molar-refractivity contribution is 0.318. The van der Waals surface area contributed by atoms with Crippen molar-refractivity contribution in [2.24, 2.45) is 5.73 Å². The maximum absolute atomic E-state index is 5.58. The Bertz CT molecular complexity index is 556. The summed E-state index contributed by atoms with van der Waals surface area (Å²) in [5, 5.41) is 0. The number of pyridine rings is 2. The van der Waals surface area contributed by atoms with Crippen LogP contribution in [-0.4, -0.2) is 26.9 Å². The number of hydrogen-bond acceptors (Lipinski definition) is 4. The van der Waals surface area contributed by atoms with E-state index in [2.05, 4.69) is 28.0 Å². The van der Waals surface area contributed by atoms with Crippen LogP contribution >= 0.6 is 12.2 Å². The van der Waals surface area contributed by atoms with Crippen molar-refractivity contribution in [2.75, 3.05) is 7.05 Å². The summed E-state index contributed by atoms with van der Waals surface area (Å²) in [7, 11) is 2.06. The zero-order valence-corrected chi connectivity index (χ0v) is 11.6. The molecule has 2 heterocycles. The second-order valence-corrected chi connectivity index (χ2v) is 4.89. The topological polar surface area (TPSA) is 55.0 Å². The second kappa shape index (κ2) is 6.36. The van der Waals surface area contributed by atoms with Crippen LogP contribution in [0.1, 0.15) is 16.8 Å². The van der Waals surface area contributed by atoms with E-state index >= 15 is 0 Å². The van der Waals surface area contributed by atoms with E-state index in [-0.39, 0.29) is 0 Å². The van der Waals surface area contributed by atoms with Crippen LogP contribution in [0.15, 0.2) is 42.9 Å². The lowest BCUT2D eigenvalue weighted by Crippen LogP contribution is -2.18. The van der Waals surface area contributed by atoms with E-state index < -0.39 is 0 Å². The first-order valence-corrected chi connectivity index (χ1v) is 6.38. The monoisotopic (exact) mass is 272 g/mol. The molecule has 0 unspecified atom stereocenters. The zero-order valence-electron chi connectivity index (χ0n) is 10.8. The fourth-order valence-corrected chi connectivity index (χ4v) is 1.99. The Hall–Kier alpha value is -1.85. The summed E-state index contributed by atoms with van der Waals surface area (Å²) in [6, 6.07) is 7.92. The summed E-state index contributed by atoms with van der Waals surface area (Å²) < 4.78 is 0. The van der Waals surface area contributed by atoms with Crippen molar-refractivity contribution in [3.05, 3.63) is 59.7 Å². The van der Waals surface area contributed by atoms with Gasteiger partial charge in [-0.05, 0) is 36.4 Å². The van der Waals surface area contributed by atoms with Crippen molar-refractivity contribution in [3.8, 4) is 0 Å². The third-order valence-corrected chi connectivity index (χ3v) is 2.91. The molecule has 0 saturated heterocycles. The summed E-state index contributed by atoms with van der Waals surface area (Å²) in [4.78, 5) is 10.8. The van der Waals surface area contributed by atoms with E-state index in [1.165, 1.54) is 5.56 Å². The molecule has 5 heteroatoms. The second-order valence-electron chi connectivity index (χ2n) is 4.45. The number of nitrogens with zero attached hydrogens (tertiary/aromatic N) is 3. The SMILES string of the molecule is CN(Cc1cccnc1)Cc1ccnc(C(N)=S)c1. The Morgan fingerprint density at radius 1 is 1.26 bits per heavy atom. The van der Waals surface area contributed by atoms with Gasteiger partial charge in [0, 0.05) is 31.7 Å². The molecule has 0 spiro atoms. The zero-order chi connectivity index (χ0) is 13.7. The molecular formula is C14H16N4S. The molecule has 0 aliphatic rings. The van der Waals surface area contributed by atoms with Gasteiger partial charge in [0.25, 0.3) is 0 Å². The maximum atomic E-state index is 5.58. The van der Waals surface area contributed by atoms with E-state index in [1.807, 2.05) is 24.4 Å². The first kappa shape index (κ1) is 13.6. The van der Waals surface area contributed by atoms with Crippen molar-refractivity contribution in [2.45, 2.75) is 13.1 Å². The first-order valence-electron chi connectivity index (χ1n) is 5.97. The highest BCUT2D eigenvalue weighted by Crippen LogP contribution is 2.08. The number of hydrogen-bond donors (Lipinski definition) is 1. The summed E-state index contributed by atoms with van der Waals surface area (Å²) in [6.07, 6.45) is 5.39. The van der Waals surface area contributed by atoms with E-state index in [4.69, 9.17) is 18.0 Å². The Balaban J connectivity index is 2.01. The van der Waals surface area contributed by atoms with E-state index in [1.54, 1.807) is 12.4 Å². The lowest BCUT2D eigenvalue weighted by Gasteiger charge is -2.16. The van der Waals surface area contributed by atoms with Crippen molar-refractivity contribution in [1.29, 1.82) is 0 Å². The molecule has 0 bridgehead atoms. The lowest BCUT2D eigenvalue weighted by atomic mass is 10.2. The minimum Gasteiger partial charge on any atom is -0.388 e. The van der Waals surface area contributed by atoms with Crippen molar-refractivity contribution < 1.29 is 0 Å². The molecule has 2 rings (SSSR count). The summed E-state index contributed by atoms with van der Waals surface area (Å²) in [6.45, 7) is 1.66. The number of aromatic nitrogens is 2. The molecular weight excluding hydrogens is 256 g/mol. The Kier molecular flexibility index (Phi) is 4.54. The molecule has 0 amide bonds. The molecule has 98 valence electrons. The fraction of sp³-hybridized carbons (Fsp3) is 0.214. The molecule has 2 aromatic rings. The molecule has 0 radical (unpaired) electrons. The van der Waals surface area contributed by atoms with Gasteiger partial charge < -0.3 is 5.73 Å². The van der Waals surface area contributed by atoms with Gasteiger partial charge in [-0.3, -0.25) is 14.9 Å². The molecule has 0 saturated carbocycles. The van der Waals surface area contributed by atoms with E-state index in [0.717, 1.165) is 18.7 Å². The van der Waals surface area contributed by atoms with Gasteiger partial charge in [0.15, 0.2) is 0 Å². The molecule has 2 aromatic heterocycles. The van der Waals surface area contributed by atoms with Crippen LogP contribution in [0.5, 0.6) is 0 Å².